The van der Waals surface area contributed by atoms with Crippen LogP contribution in [0.25, 0.3) is 10.4 Å². The largest absolute Gasteiger partial charge is 0.460 e. The molecule has 15 atom stereocenters. The maximum Gasteiger partial charge on any atom is 0.338 e. The fraction of sp³-hybridized carbons (Fsp3) is 0.655. The van der Waals surface area contributed by atoms with Crippen molar-refractivity contribution in [3.63, 3.8) is 0 Å². The molecule has 1 aromatic carbocycles. The monoisotopic (exact) mass is 1180 g/mol. The number of ether oxygens (including phenoxy) is 6. The van der Waals surface area contributed by atoms with Crippen molar-refractivity contribution in [2.75, 3.05) is 27.9 Å². The number of allylic oxidation sites excluding steroid dienone is 6. The minimum Gasteiger partial charge on any atom is -0.460 e. The maximum absolute atomic E-state index is 14.6. The van der Waals surface area contributed by atoms with E-state index in [0.29, 0.717) is 84.6 Å². The summed E-state index contributed by atoms with van der Waals surface area (Å²) >= 11 is 1.99. The number of halogens is 1. The summed E-state index contributed by atoms with van der Waals surface area (Å²) in [5, 5.41) is 27.2. The SMILES string of the molecule is CO[C@H]1C[C@@H]2CC[C@@H](C)[C@@](O)(O2)C(=O)C(=O)N2CCCC[C@H]2C(=O)O[C@H]([C@H](C)C[C@H]2CC[C@@H](OC(=O)c3ccc(N=[N+]=[N-])c(I)c3)[C@H](OC)C2)CC(=O)[C@H](C)/C=C(\C)[C@@H](O)[C@@H](OC)C(=O)[C@H](C)C[C@H](C)/C=C/C=C/C=C/1C. The highest BCUT2D eigenvalue weighted by molar-refractivity contribution is 14.1. The molecule has 0 radical (unpaired) electrons. The number of aliphatic hydroxyl groups is 2. The zero-order valence-electron chi connectivity index (χ0n) is 46.4. The van der Waals surface area contributed by atoms with E-state index < -0.39 is 102 Å². The molecule has 5 rings (SSSR count). The van der Waals surface area contributed by atoms with Crippen molar-refractivity contribution in [3.05, 3.63) is 85.4 Å². The van der Waals surface area contributed by atoms with Crippen LogP contribution in [-0.2, 0) is 52.4 Å². The van der Waals surface area contributed by atoms with Gasteiger partial charge in [-0.05, 0) is 147 Å². The van der Waals surface area contributed by atoms with Crippen LogP contribution in [0.3, 0.4) is 0 Å². The molecule has 4 aliphatic rings. The molecular formula is C58H81IN4O14. The quantitative estimate of drug-likeness (QED) is 0.0444. The van der Waals surface area contributed by atoms with Crippen molar-refractivity contribution in [3.8, 4) is 0 Å². The number of piperidine rings is 1. The van der Waals surface area contributed by atoms with E-state index in [1.807, 2.05) is 73.7 Å². The van der Waals surface area contributed by atoms with Gasteiger partial charge in [0.25, 0.3) is 11.7 Å². The van der Waals surface area contributed by atoms with Gasteiger partial charge in [-0.2, -0.15) is 0 Å². The second-order valence-corrected chi connectivity index (χ2v) is 23.0. The summed E-state index contributed by atoms with van der Waals surface area (Å²) in [5.41, 5.74) is 10.8. The molecule has 77 heavy (non-hydrogen) atoms. The number of aliphatic hydroxyl groups excluding tert-OH is 1. The summed E-state index contributed by atoms with van der Waals surface area (Å²) in [6.45, 7) is 12.6. The van der Waals surface area contributed by atoms with Crippen LogP contribution in [0.2, 0.25) is 0 Å². The minimum atomic E-state index is -2.47. The molecule has 0 aromatic heterocycles. The second kappa shape index (κ2) is 29.6. The number of methoxy groups -OCH3 is 3. The highest BCUT2D eigenvalue weighted by atomic mass is 127. The van der Waals surface area contributed by atoms with Crippen molar-refractivity contribution in [2.45, 2.75) is 180 Å². The molecule has 1 saturated carbocycles. The average Bonchev–Trinajstić information content (AvgIpc) is 3.41. The molecule has 0 unspecified atom stereocenters. The van der Waals surface area contributed by atoms with Gasteiger partial charge in [-0.15, -0.1) is 0 Å². The van der Waals surface area contributed by atoms with Gasteiger partial charge < -0.3 is 43.5 Å². The van der Waals surface area contributed by atoms with Gasteiger partial charge in [-0.25, -0.2) is 9.59 Å². The van der Waals surface area contributed by atoms with Gasteiger partial charge in [0.2, 0.25) is 5.79 Å². The lowest BCUT2D eigenvalue weighted by atomic mass is 9.78. The predicted molar refractivity (Wildman–Crippen MR) is 296 cm³/mol. The summed E-state index contributed by atoms with van der Waals surface area (Å²) in [5.74, 6) is -9.09. The van der Waals surface area contributed by atoms with Crippen LogP contribution in [0.4, 0.5) is 5.69 Å². The number of nitrogens with zero attached hydrogens (tertiary/aromatic N) is 4. The van der Waals surface area contributed by atoms with Gasteiger partial charge in [-0.3, -0.25) is 19.2 Å². The number of benzene rings is 1. The van der Waals surface area contributed by atoms with Crippen LogP contribution in [-0.4, -0.2) is 133 Å². The molecule has 2 N–H and O–H groups in total. The smallest absolute Gasteiger partial charge is 0.338 e. The normalized spacial score (nSPS) is 35.7. The number of Topliss-reactive ketones (excluding diaryl/α,β-unsaturated/α-hetero) is 3. The fourth-order valence-corrected chi connectivity index (χ4v) is 11.8. The Morgan fingerprint density at radius 1 is 0.922 bits per heavy atom. The van der Waals surface area contributed by atoms with Gasteiger partial charge in [0, 0.05) is 67.0 Å². The van der Waals surface area contributed by atoms with Crippen molar-refractivity contribution in [2.24, 2.45) is 40.6 Å². The molecule has 1 aromatic rings. The summed E-state index contributed by atoms with van der Waals surface area (Å²) in [6, 6.07) is 3.48. The summed E-state index contributed by atoms with van der Waals surface area (Å²) in [6.07, 6.45) is 10.1. The molecule has 1 amide bonds. The molecule has 424 valence electrons. The predicted octanol–water partition coefficient (Wildman–Crippen LogP) is 9.59. The third-order valence-corrected chi connectivity index (χ3v) is 16.9. The van der Waals surface area contributed by atoms with Crippen molar-refractivity contribution >= 4 is 63.5 Å². The lowest BCUT2D eigenvalue weighted by Crippen LogP contribution is -2.61. The van der Waals surface area contributed by atoms with Crippen LogP contribution >= 0.6 is 22.6 Å². The highest BCUT2D eigenvalue weighted by Gasteiger charge is 2.53. The lowest BCUT2D eigenvalue weighted by Gasteiger charge is -2.42. The van der Waals surface area contributed by atoms with Crippen molar-refractivity contribution in [1.82, 2.24) is 4.90 Å². The minimum absolute atomic E-state index is 0.00633. The first kappa shape index (κ1) is 63.2. The first-order valence-corrected chi connectivity index (χ1v) is 28.2. The Balaban J connectivity index is 1.44. The Morgan fingerprint density at radius 2 is 1.66 bits per heavy atom. The van der Waals surface area contributed by atoms with Crippen LogP contribution < -0.4 is 0 Å². The standard InChI is InChI=1S/C58H81IN4O14/c1-33-16-12-11-13-17-34(2)48(72-8)31-42-22-19-39(7)58(71,77-42)54(67)55(68)63-25-15-14-18-45(63)57(70)76-49(32-46(64)35(3)27-38(6)52(66)53(74-10)51(65)37(5)26-33)36(4)28-40-20-24-47(50(29-40)73-9)75-56(69)41-21-23-44(61-62-60)43(59)30-41/h11-13,16-17,21,23,27,30,33,35-37,39-40,42,45,47-50,52-53,66,71H,14-15,18-20,22,24-26,28-29,31-32H2,1-10H3/b13-11+,16-12+,34-17+,38-27+/t33-,35-,36-,37-,39-,40-,42+,45+,47-,48+,49+,50-,52-,53+,58-/m1/s1. The summed E-state index contributed by atoms with van der Waals surface area (Å²) < 4.78 is 36.4. The van der Waals surface area contributed by atoms with Gasteiger partial charge >= 0.3 is 11.9 Å². The van der Waals surface area contributed by atoms with Crippen LogP contribution in [0.1, 0.15) is 136 Å². The zero-order chi connectivity index (χ0) is 56.7. The van der Waals surface area contributed by atoms with E-state index in [4.69, 9.17) is 34.0 Å². The fourth-order valence-electron chi connectivity index (χ4n) is 11.2. The molecule has 19 heteroatoms. The first-order valence-electron chi connectivity index (χ1n) is 27.1. The Labute approximate surface area is 467 Å². The number of esters is 2. The van der Waals surface area contributed by atoms with Crippen LogP contribution in [0, 0.1) is 39.1 Å². The summed E-state index contributed by atoms with van der Waals surface area (Å²) in [7, 11) is 4.48. The number of hydrogen-bond acceptors (Lipinski definition) is 15. The molecular weight excluding hydrogens is 1100 g/mol. The number of azide groups is 1. The number of rotatable bonds is 9. The maximum atomic E-state index is 14.6. The molecule has 0 spiro atoms. The van der Waals surface area contributed by atoms with E-state index in [1.165, 1.54) is 18.1 Å². The molecule has 3 heterocycles. The van der Waals surface area contributed by atoms with E-state index in [9.17, 15) is 39.0 Å². The number of carbonyl (C=O) groups is 6. The molecule has 3 aliphatic heterocycles. The van der Waals surface area contributed by atoms with E-state index in [0.717, 1.165) is 5.57 Å². The van der Waals surface area contributed by atoms with E-state index in [-0.39, 0.29) is 42.8 Å². The second-order valence-electron chi connectivity index (χ2n) is 21.8. The van der Waals surface area contributed by atoms with Gasteiger partial charge in [0.1, 0.15) is 36.2 Å². The Morgan fingerprint density at radius 3 is 2.34 bits per heavy atom. The Kier molecular flexibility index (Phi) is 24.3. The van der Waals surface area contributed by atoms with Crippen molar-refractivity contribution < 1.29 is 67.4 Å². The number of hydrogen-bond donors (Lipinski definition) is 2. The van der Waals surface area contributed by atoms with Gasteiger partial charge in [0.05, 0.1) is 29.6 Å². The zero-order valence-corrected chi connectivity index (χ0v) is 48.6. The number of amides is 1. The molecule has 2 saturated heterocycles. The Hall–Kier alpha value is -4.60. The average molecular weight is 1190 g/mol. The topological polar surface area (TPSA) is 250 Å². The van der Waals surface area contributed by atoms with Crippen molar-refractivity contribution in [1.29, 1.82) is 0 Å². The highest BCUT2D eigenvalue weighted by Crippen LogP contribution is 2.38. The van der Waals surface area contributed by atoms with E-state index >= 15 is 0 Å². The van der Waals surface area contributed by atoms with E-state index in [2.05, 4.69) is 10.0 Å². The number of ketones is 3. The Bertz CT molecular complexity index is 2440. The van der Waals surface area contributed by atoms with Gasteiger partial charge in [-0.1, -0.05) is 82.3 Å². The number of carbonyl (C=O) groups excluding carboxylic acids is 6. The van der Waals surface area contributed by atoms with E-state index in [1.54, 1.807) is 60.1 Å². The molecule has 1 aliphatic carbocycles. The third-order valence-electron chi connectivity index (χ3n) is 16.0. The van der Waals surface area contributed by atoms with Crippen LogP contribution in [0.5, 0.6) is 0 Å². The third kappa shape index (κ3) is 16.7. The number of fused-ring (bicyclic) bond motifs is 3. The molecule has 2 bridgehead atoms. The summed E-state index contributed by atoms with van der Waals surface area (Å²) in [4.78, 5) is 88.9. The van der Waals surface area contributed by atoms with Gasteiger partial charge in [0.15, 0.2) is 5.78 Å². The molecule has 3 fully saturated rings. The lowest BCUT2D eigenvalue weighted by molar-refractivity contribution is -0.265. The molecule has 18 nitrogen and oxygen atoms in total. The number of cyclic esters (lactones) is 1. The van der Waals surface area contributed by atoms with Crippen LogP contribution in [0.15, 0.2) is 70.9 Å². The first-order chi connectivity index (χ1) is 36.6.